The lowest BCUT2D eigenvalue weighted by Crippen LogP contribution is -2.20. The van der Waals surface area contributed by atoms with Gasteiger partial charge in [-0.05, 0) is 58.8 Å². The van der Waals surface area contributed by atoms with Gasteiger partial charge in [0.1, 0.15) is 5.00 Å². The lowest BCUT2D eigenvalue weighted by atomic mass is 9.84. The van der Waals surface area contributed by atoms with Crippen molar-refractivity contribution in [1.82, 2.24) is 0 Å². The number of benzene rings is 1. The van der Waals surface area contributed by atoms with Crippen molar-refractivity contribution in [2.75, 3.05) is 5.32 Å². The summed E-state index contributed by atoms with van der Waals surface area (Å²) in [5.74, 6) is -0.0451. The van der Waals surface area contributed by atoms with Crippen molar-refractivity contribution in [2.45, 2.75) is 39.0 Å². The molecule has 1 aromatic heterocycles. The van der Waals surface area contributed by atoms with Gasteiger partial charge in [0.05, 0.1) is 11.1 Å². The van der Waals surface area contributed by atoms with E-state index < -0.39 is 5.91 Å². The molecule has 6 heteroatoms. The van der Waals surface area contributed by atoms with Gasteiger partial charge in [0.15, 0.2) is 0 Å². The second-order valence-corrected chi connectivity index (χ2v) is 8.36. The van der Waals surface area contributed by atoms with Crippen LogP contribution in [0.2, 0.25) is 0 Å². The molecule has 132 valence electrons. The fraction of sp³-hybridized carbons (Fsp3) is 0.368. The van der Waals surface area contributed by atoms with E-state index in [1.54, 1.807) is 6.07 Å². The number of thiophene rings is 1. The summed E-state index contributed by atoms with van der Waals surface area (Å²) in [6.07, 6.45) is 5.27. The van der Waals surface area contributed by atoms with Gasteiger partial charge in [-0.2, -0.15) is 0 Å². The summed E-state index contributed by atoms with van der Waals surface area (Å²) in [6.45, 7) is 2.20. The predicted octanol–water partition coefficient (Wildman–Crippen LogP) is 4.77. The summed E-state index contributed by atoms with van der Waals surface area (Å²) in [7, 11) is 0. The molecule has 0 spiro atoms. The van der Waals surface area contributed by atoms with Crippen molar-refractivity contribution < 1.29 is 9.59 Å². The lowest BCUT2D eigenvalue weighted by Gasteiger charge is -2.21. The number of nitrogens with one attached hydrogen (secondary N) is 1. The Morgan fingerprint density at radius 1 is 1.36 bits per heavy atom. The molecule has 1 heterocycles. The molecule has 1 aliphatic rings. The van der Waals surface area contributed by atoms with Crippen LogP contribution in [-0.2, 0) is 12.8 Å². The molecule has 0 fully saturated rings. The molecule has 3 rings (SSSR count). The highest BCUT2D eigenvalue weighted by Crippen LogP contribution is 2.40. The summed E-state index contributed by atoms with van der Waals surface area (Å²) in [6, 6.07) is 7.23. The number of carbonyl (C=O) groups is 2. The number of nitrogens with two attached hydrogens (primary N) is 1. The van der Waals surface area contributed by atoms with Gasteiger partial charge in [-0.3, -0.25) is 9.59 Å². The summed E-state index contributed by atoms with van der Waals surface area (Å²) < 4.78 is 0.720. The molecule has 2 amide bonds. The molecule has 25 heavy (non-hydrogen) atoms. The Labute approximate surface area is 159 Å². The molecule has 0 saturated carbocycles. The molecule has 1 atom stereocenters. The molecule has 0 bridgehead atoms. The van der Waals surface area contributed by atoms with E-state index in [2.05, 4.69) is 28.2 Å². The first-order chi connectivity index (χ1) is 12.0. The molecule has 1 aromatic carbocycles. The van der Waals surface area contributed by atoms with Gasteiger partial charge in [-0.1, -0.05) is 31.9 Å². The van der Waals surface area contributed by atoms with E-state index in [1.165, 1.54) is 29.1 Å². The van der Waals surface area contributed by atoms with E-state index in [-0.39, 0.29) is 5.91 Å². The quantitative estimate of drug-likeness (QED) is 0.730. The number of primary amides is 1. The number of carbonyl (C=O) groups excluding carboxylic acids is 2. The lowest BCUT2D eigenvalue weighted by molar-refractivity contribution is 0.1000. The zero-order chi connectivity index (χ0) is 18.0. The number of anilines is 1. The highest BCUT2D eigenvalue weighted by atomic mass is 79.9. The van der Waals surface area contributed by atoms with Crippen LogP contribution in [0.4, 0.5) is 5.00 Å². The number of rotatable bonds is 5. The third-order valence-electron chi connectivity index (χ3n) is 4.66. The van der Waals surface area contributed by atoms with Gasteiger partial charge >= 0.3 is 0 Å². The van der Waals surface area contributed by atoms with E-state index in [4.69, 9.17) is 5.73 Å². The van der Waals surface area contributed by atoms with Crippen LogP contribution in [0.15, 0.2) is 28.7 Å². The number of hydrogen-bond donors (Lipinski definition) is 2. The van der Waals surface area contributed by atoms with Crippen molar-refractivity contribution in [2.24, 2.45) is 11.7 Å². The number of halogens is 1. The zero-order valence-corrected chi connectivity index (χ0v) is 16.5. The highest BCUT2D eigenvalue weighted by Gasteiger charge is 2.28. The molecule has 0 radical (unpaired) electrons. The van der Waals surface area contributed by atoms with Gasteiger partial charge in [-0.25, -0.2) is 0 Å². The van der Waals surface area contributed by atoms with Gasteiger partial charge in [-0.15, -0.1) is 11.3 Å². The molecule has 1 unspecified atom stereocenters. The summed E-state index contributed by atoms with van der Waals surface area (Å²) in [4.78, 5) is 25.8. The Morgan fingerprint density at radius 2 is 2.12 bits per heavy atom. The maximum atomic E-state index is 12.6. The van der Waals surface area contributed by atoms with Crippen LogP contribution in [0.1, 0.15) is 57.3 Å². The SMILES string of the molecule is CCCC1CCc2c(sc(NC(=O)c3ccccc3Br)c2C(N)=O)C1. The van der Waals surface area contributed by atoms with Crippen LogP contribution >= 0.6 is 27.3 Å². The van der Waals surface area contributed by atoms with Crippen LogP contribution in [-0.4, -0.2) is 11.8 Å². The maximum absolute atomic E-state index is 12.6. The number of hydrogen-bond acceptors (Lipinski definition) is 3. The Morgan fingerprint density at radius 3 is 2.80 bits per heavy atom. The van der Waals surface area contributed by atoms with Gasteiger partial charge in [0.2, 0.25) is 0 Å². The van der Waals surface area contributed by atoms with E-state index in [1.807, 2.05) is 18.2 Å². The molecule has 2 aromatic rings. The van der Waals surface area contributed by atoms with Crippen LogP contribution in [0.25, 0.3) is 0 Å². The summed E-state index contributed by atoms with van der Waals surface area (Å²) >= 11 is 4.89. The van der Waals surface area contributed by atoms with Crippen LogP contribution in [0.3, 0.4) is 0 Å². The van der Waals surface area contributed by atoms with E-state index in [9.17, 15) is 9.59 Å². The van der Waals surface area contributed by atoms with Crippen molar-refractivity contribution in [3.63, 3.8) is 0 Å². The predicted molar refractivity (Wildman–Crippen MR) is 105 cm³/mol. The summed E-state index contributed by atoms with van der Waals surface area (Å²) in [5, 5.41) is 3.48. The molecule has 4 nitrogen and oxygen atoms in total. The molecule has 0 aliphatic heterocycles. The first-order valence-corrected chi connectivity index (χ1v) is 10.1. The number of amides is 2. The Kier molecular flexibility index (Phi) is 5.59. The molecular weight excluding hydrogens is 400 g/mol. The average Bonchev–Trinajstić information content (AvgIpc) is 2.92. The Hall–Kier alpha value is -1.66. The van der Waals surface area contributed by atoms with E-state index >= 15 is 0 Å². The fourth-order valence-electron chi connectivity index (χ4n) is 3.47. The number of fused-ring (bicyclic) bond motifs is 1. The van der Waals surface area contributed by atoms with Gasteiger partial charge in [0, 0.05) is 9.35 Å². The fourth-order valence-corrected chi connectivity index (χ4v) is 5.30. The summed E-state index contributed by atoms with van der Waals surface area (Å²) in [5.41, 5.74) is 7.69. The monoisotopic (exact) mass is 420 g/mol. The van der Waals surface area contributed by atoms with Crippen molar-refractivity contribution in [3.8, 4) is 0 Å². The van der Waals surface area contributed by atoms with Crippen LogP contribution < -0.4 is 11.1 Å². The Balaban J connectivity index is 1.90. The minimum Gasteiger partial charge on any atom is -0.365 e. The highest BCUT2D eigenvalue weighted by molar-refractivity contribution is 9.10. The second kappa shape index (κ2) is 7.70. The zero-order valence-electron chi connectivity index (χ0n) is 14.1. The standard InChI is InChI=1S/C19H21BrN2O2S/c1-2-5-11-8-9-13-15(10-11)25-19(16(13)17(21)23)22-18(24)12-6-3-4-7-14(12)20/h3-4,6-7,11H,2,5,8-10H2,1H3,(H2,21,23)(H,22,24). The minimum atomic E-state index is -0.464. The van der Waals surface area contributed by atoms with Crippen molar-refractivity contribution in [1.29, 1.82) is 0 Å². The van der Waals surface area contributed by atoms with Crippen LogP contribution in [0, 0.1) is 5.92 Å². The first kappa shape index (κ1) is 18.1. The third-order valence-corrected chi connectivity index (χ3v) is 6.52. The third kappa shape index (κ3) is 3.80. The Bertz CT molecular complexity index is 816. The van der Waals surface area contributed by atoms with Gasteiger partial charge in [0.25, 0.3) is 11.8 Å². The average molecular weight is 421 g/mol. The molecule has 0 saturated heterocycles. The second-order valence-electron chi connectivity index (χ2n) is 6.40. The molecule has 1 aliphatic carbocycles. The van der Waals surface area contributed by atoms with Crippen molar-refractivity contribution >= 4 is 44.1 Å². The minimum absolute atomic E-state index is 0.237. The largest absolute Gasteiger partial charge is 0.365 e. The van der Waals surface area contributed by atoms with E-state index in [0.29, 0.717) is 22.0 Å². The normalized spacial score (nSPS) is 16.3. The first-order valence-electron chi connectivity index (χ1n) is 8.51. The smallest absolute Gasteiger partial charge is 0.257 e. The maximum Gasteiger partial charge on any atom is 0.257 e. The topological polar surface area (TPSA) is 72.2 Å². The van der Waals surface area contributed by atoms with Crippen molar-refractivity contribution in [3.05, 3.63) is 50.3 Å². The van der Waals surface area contributed by atoms with Gasteiger partial charge < -0.3 is 11.1 Å². The molecule has 3 N–H and O–H groups in total. The molecular formula is C19H21BrN2O2S. The van der Waals surface area contributed by atoms with Crippen LogP contribution in [0.5, 0.6) is 0 Å². The van der Waals surface area contributed by atoms with E-state index in [0.717, 1.165) is 29.3 Å².